The number of hydrogen-bond donors (Lipinski definition) is 2. The summed E-state index contributed by atoms with van der Waals surface area (Å²) in [7, 11) is 0. The summed E-state index contributed by atoms with van der Waals surface area (Å²) in [5, 5.41) is 20.6. The molecule has 0 unspecified atom stereocenters. The minimum atomic E-state index is -4.52. The van der Waals surface area contributed by atoms with Crippen molar-refractivity contribution in [1.29, 1.82) is 0 Å². The molecule has 0 saturated heterocycles. The van der Waals surface area contributed by atoms with Gasteiger partial charge in [-0.25, -0.2) is 0 Å². The van der Waals surface area contributed by atoms with Crippen molar-refractivity contribution in [3.8, 4) is 0 Å². The fraction of sp³-hybridized carbons (Fsp3) is 1.00. The molecule has 0 aromatic carbocycles. The van der Waals surface area contributed by atoms with Crippen LogP contribution in [0.3, 0.4) is 0 Å². The summed E-state index contributed by atoms with van der Waals surface area (Å²) in [5.41, 5.74) is -2.84. The molecule has 2 N–H and O–H groups in total. The molecule has 4 rings (SSSR count). The van der Waals surface area contributed by atoms with E-state index in [1.807, 2.05) is 13.8 Å². The zero-order chi connectivity index (χ0) is 23.7. The molecule has 4 saturated carbocycles. The highest BCUT2D eigenvalue weighted by atomic mass is 19.4. The van der Waals surface area contributed by atoms with E-state index in [2.05, 4.69) is 20.8 Å². The van der Waals surface area contributed by atoms with Gasteiger partial charge in [0.2, 0.25) is 0 Å². The van der Waals surface area contributed by atoms with Crippen LogP contribution in [0.15, 0.2) is 0 Å². The maximum Gasteiger partial charge on any atom is 0.417 e. The van der Waals surface area contributed by atoms with E-state index in [0.29, 0.717) is 41.4 Å². The van der Waals surface area contributed by atoms with Crippen LogP contribution in [0, 0.1) is 46.3 Å². The SMILES string of the molecule is C[C@H](CCC(C)(C)O)[C@@H]1CC[C@H]2[C@@H]3CC[C@@H]4C[C@@](O)(C(F)(F)F)CC[C@]4(C)[C@H]3CC[C@@]21C. The van der Waals surface area contributed by atoms with Crippen LogP contribution in [-0.2, 0) is 0 Å². The zero-order valence-corrected chi connectivity index (χ0v) is 20.8. The Kier molecular flexibility index (Phi) is 6.10. The quantitative estimate of drug-likeness (QED) is 0.471. The van der Waals surface area contributed by atoms with Crippen molar-refractivity contribution >= 4 is 0 Å². The van der Waals surface area contributed by atoms with Gasteiger partial charge in [0.05, 0.1) is 5.60 Å². The van der Waals surface area contributed by atoms with E-state index in [9.17, 15) is 23.4 Å². The smallest absolute Gasteiger partial charge is 0.390 e. The summed E-state index contributed by atoms with van der Waals surface area (Å²) in [4.78, 5) is 0. The molecule has 0 bridgehead atoms. The van der Waals surface area contributed by atoms with Crippen LogP contribution in [0.1, 0.15) is 105 Å². The van der Waals surface area contributed by atoms with Crippen molar-refractivity contribution in [2.24, 2.45) is 46.3 Å². The summed E-state index contributed by atoms with van der Waals surface area (Å²) in [6, 6.07) is 0. The maximum atomic E-state index is 13.6. The predicted octanol–water partition coefficient (Wildman–Crippen LogP) is 7.13. The Morgan fingerprint density at radius 3 is 2.19 bits per heavy atom. The van der Waals surface area contributed by atoms with Crippen LogP contribution in [-0.4, -0.2) is 27.6 Å². The number of alkyl halides is 3. The van der Waals surface area contributed by atoms with E-state index < -0.39 is 17.4 Å². The van der Waals surface area contributed by atoms with Crippen molar-refractivity contribution in [2.75, 3.05) is 0 Å². The lowest BCUT2D eigenvalue weighted by atomic mass is 9.43. The minimum absolute atomic E-state index is 0.0172. The lowest BCUT2D eigenvalue weighted by Gasteiger charge is -2.62. The highest BCUT2D eigenvalue weighted by Crippen LogP contribution is 2.69. The molecule has 4 aliphatic carbocycles. The molecular formula is C27H45F3O2. The van der Waals surface area contributed by atoms with E-state index in [-0.39, 0.29) is 24.2 Å². The molecular weight excluding hydrogens is 413 g/mol. The number of fused-ring (bicyclic) bond motifs is 5. The fourth-order valence-electron chi connectivity index (χ4n) is 9.26. The molecule has 0 aliphatic heterocycles. The van der Waals surface area contributed by atoms with Gasteiger partial charge < -0.3 is 10.2 Å². The minimum Gasteiger partial charge on any atom is -0.390 e. The van der Waals surface area contributed by atoms with Crippen molar-refractivity contribution in [3.63, 3.8) is 0 Å². The van der Waals surface area contributed by atoms with Gasteiger partial charge in [-0.3, -0.25) is 0 Å². The molecule has 0 heterocycles. The van der Waals surface area contributed by atoms with Gasteiger partial charge in [0.1, 0.15) is 0 Å². The second-order valence-corrected chi connectivity index (χ2v) is 13.4. The van der Waals surface area contributed by atoms with Crippen LogP contribution < -0.4 is 0 Å². The zero-order valence-electron chi connectivity index (χ0n) is 20.8. The molecule has 0 aromatic rings. The summed E-state index contributed by atoms with van der Waals surface area (Å²) < 4.78 is 40.7. The standard InChI is InChI=1S/C27H45F3O2/c1-17(10-12-23(2,3)31)20-8-9-21-19-7-6-18-16-26(32,27(28,29)30)15-14-24(18,4)22(19)11-13-25(20,21)5/h17-22,31-32H,6-16H2,1-5H3/t17-,18-,19+,20+,21+,22+,24+,25-,26-/m1/s1. The Labute approximate surface area is 192 Å². The molecule has 4 aliphatic rings. The van der Waals surface area contributed by atoms with E-state index in [1.54, 1.807) is 0 Å². The second kappa shape index (κ2) is 7.86. The maximum absolute atomic E-state index is 13.6. The number of halogens is 3. The normalized spacial score (nSPS) is 48.0. The Hall–Kier alpha value is -0.290. The van der Waals surface area contributed by atoms with Gasteiger partial charge in [-0.15, -0.1) is 0 Å². The Bertz CT molecular complexity index is 700. The van der Waals surface area contributed by atoms with E-state index >= 15 is 0 Å². The molecule has 9 atom stereocenters. The highest BCUT2D eigenvalue weighted by Gasteiger charge is 2.65. The topological polar surface area (TPSA) is 40.5 Å². The largest absolute Gasteiger partial charge is 0.417 e. The third-order valence-electron chi connectivity index (χ3n) is 11.2. The van der Waals surface area contributed by atoms with Crippen molar-refractivity contribution in [3.05, 3.63) is 0 Å². The highest BCUT2D eigenvalue weighted by molar-refractivity contribution is 5.11. The average molecular weight is 459 g/mol. The summed E-state index contributed by atoms with van der Waals surface area (Å²) in [6.07, 6.45) is 4.32. The van der Waals surface area contributed by atoms with Crippen molar-refractivity contribution < 1.29 is 23.4 Å². The molecule has 0 aromatic heterocycles. The number of aliphatic hydroxyl groups is 2. The Morgan fingerprint density at radius 2 is 1.56 bits per heavy atom. The molecule has 2 nitrogen and oxygen atoms in total. The first-order chi connectivity index (χ1) is 14.6. The van der Waals surface area contributed by atoms with Gasteiger partial charge >= 0.3 is 6.18 Å². The number of rotatable bonds is 4. The van der Waals surface area contributed by atoms with Gasteiger partial charge in [0.25, 0.3) is 0 Å². The van der Waals surface area contributed by atoms with Gasteiger partial charge in [-0.2, -0.15) is 13.2 Å². The molecule has 0 spiro atoms. The van der Waals surface area contributed by atoms with Gasteiger partial charge in [0.15, 0.2) is 5.60 Å². The predicted molar refractivity (Wildman–Crippen MR) is 121 cm³/mol. The molecule has 4 fully saturated rings. The molecule has 32 heavy (non-hydrogen) atoms. The van der Waals surface area contributed by atoms with E-state index in [4.69, 9.17) is 0 Å². The summed E-state index contributed by atoms with van der Waals surface area (Å²) in [5.74, 6) is 3.06. The third-order valence-corrected chi connectivity index (χ3v) is 11.2. The van der Waals surface area contributed by atoms with Crippen LogP contribution in [0.25, 0.3) is 0 Å². The monoisotopic (exact) mass is 458 g/mol. The van der Waals surface area contributed by atoms with E-state index in [1.165, 1.54) is 19.3 Å². The van der Waals surface area contributed by atoms with Crippen molar-refractivity contribution in [2.45, 2.75) is 123 Å². The van der Waals surface area contributed by atoms with Crippen LogP contribution >= 0.6 is 0 Å². The fourth-order valence-corrected chi connectivity index (χ4v) is 9.26. The van der Waals surface area contributed by atoms with Gasteiger partial charge in [0, 0.05) is 0 Å². The van der Waals surface area contributed by atoms with Crippen molar-refractivity contribution in [1.82, 2.24) is 0 Å². The first-order valence-electron chi connectivity index (χ1n) is 13.1. The van der Waals surface area contributed by atoms with E-state index in [0.717, 1.165) is 32.1 Å². The van der Waals surface area contributed by atoms with Gasteiger partial charge in [-0.1, -0.05) is 20.8 Å². The Balaban J connectivity index is 1.49. The van der Waals surface area contributed by atoms with Crippen LogP contribution in [0.4, 0.5) is 13.2 Å². The third kappa shape index (κ3) is 3.95. The number of hydrogen-bond acceptors (Lipinski definition) is 2. The molecule has 186 valence electrons. The summed E-state index contributed by atoms with van der Waals surface area (Å²) in [6.45, 7) is 10.9. The first-order valence-corrected chi connectivity index (χ1v) is 13.1. The molecule has 0 radical (unpaired) electrons. The molecule has 5 heteroatoms. The lowest BCUT2D eigenvalue weighted by Crippen LogP contribution is -2.59. The lowest BCUT2D eigenvalue weighted by molar-refractivity contribution is -0.290. The van der Waals surface area contributed by atoms with Gasteiger partial charge in [-0.05, 0) is 131 Å². The molecule has 0 amide bonds. The summed E-state index contributed by atoms with van der Waals surface area (Å²) >= 11 is 0. The van der Waals surface area contributed by atoms with Crippen LogP contribution in [0.5, 0.6) is 0 Å². The second-order valence-electron chi connectivity index (χ2n) is 13.4. The average Bonchev–Trinajstić information content (AvgIpc) is 3.02. The first kappa shape index (κ1) is 24.8. The Morgan fingerprint density at radius 1 is 0.906 bits per heavy atom. The van der Waals surface area contributed by atoms with Crippen LogP contribution in [0.2, 0.25) is 0 Å².